The van der Waals surface area contributed by atoms with E-state index in [-0.39, 0.29) is 0 Å². The van der Waals surface area contributed by atoms with Gasteiger partial charge < -0.3 is 10.2 Å². The minimum atomic E-state index is 1.04. The summed E-state index contributed by atoms with van der Waals surface area (Å²) in [5.41, 5.74) is 0. The van der Waals surface area contributed by atoms with Crippen LogP contribution < -0.4 is 5.32 Å². The fourth-order valence-corrected chi connectivity index (χ4v) is 2.73. The monoisotopic (exact) mass is 224 g/mol. The highest BCUT2D eigenvalue weighted by Crippen LogP contribution is 2.08. The van der Waals surface area contributed by atoms with Crippen LogP contribution in [0.4, 0.5) is 0 Å². The topological polar surface area (TPSA) is 15.3 Å². The van der Waals surface area contributed by atoms with Crippen molar-refractivity contribution in [1.82, 2.24) is 10.2 Å². The SMILES string of the molecule is c1csc(CNCCCN2CCCC2)c1. The fourth-order valence-electron chi connectivity index (χ4n) is 2.06. The first-order valence-electron chi connectivity index (χ1n) is 5.90. The van der Waals surface area contributed by atoms with E-state index in [0.29, 0.717) is 0 Å². The maximum atomic E-state index is 3.50. The minimum absolute atomic E-state index is 1.04. The highest BCUT2D eigenvalue weighted by atomic mass is 32.1. The molecule has 2 nitrogen and oxygen atoms in total. The minimum Gasteiger partial charge on any atom is -0.312 e. The highest BCUT2D eigenvalue weighted by molar-refractivity contribution is 7.09. The lowest BCUT2D eigenvalue weighted by atomic mass is 10.3. The third-order valence-corrected chi connectivity index (χ3v) is 3.78. The second-order valence-electron chi connectivity index (χ2n) is 4.16. The molecule has 0 unspecified atom stereocenters. The molecule has 0 amide bonds. The van der Waals surface area contributed by atoms with Crippen LogP contribution in [0.2, 0.25) is 0 Å². The van der Waals surface area contributed by atoms with E-state index < -0.39 is 0 Å². The molecule has 1 saturated heterocycles. The van der Waals surface area contributed by atoms with Crippen LogP contribution in [0, 0.1) is 0 Å². The molecule has 0 bridgehead atoms. The molecule has 0 aliphatic carbocycles. The largest absolute Gasteiger partial charge is 0.312 e. The Bertz CT molecular complexity index is 253. The molecular weight excluding hydrogens is 204 g/mol. The average Bonchev–Trinajstić information content (AvgIpc) is 2.88. The van der Waals surface area contributed by atoms with Gasteiger partial charge in [-0.3, -0.25) is 0 Å². The summed E-state index contributed by atoms with van der Waals surface area (Å²) < 4.78 is 0. The van der Waals surface area contributed by atoms with Crippen LogP contribution in [0.5, 0.6) is 0 Å². The summed E-state index contributed by atoms with van der Waals surface area (Å²) in [4.78, 5) is 4.02. The predicted molar refractivity (Wildman–Crippen MR) is 66.3 cm³/mol. The molecule has 0 radical (unpaired) electrons. The zero-order valence-electron chi connectivity index (χ0n) is 9.24. The molecule has 84 valence electrons. The van der Waals surface area contributed by atoms with E-state index in [2.05, 4.69) is 27.7 Å². The summed E-state index contributed by atoms with van der Waals surface area (Å²) >= 11 is 1.83. The second-order valence-corrected chi connectivity index (χ2v) is 5.19. The average molecular weight is 224 g/mol. The number of nitrogens with one attached hydrogen (secondary N) is 1. The zero-order valence-corrected chi connectivity index (χ0v) is 10.1. The van der Waals surface area contributed by atoms with E-state index >= 15 is 0 Å². The lowest BCUT2D eigenvalue weighted by molar-refractivity contribution is 0.331. The summed E-state index contributed by atoms with van der Waals surface area (Å²) in [7, 11) is 0. The molecule has 0 spiro atoms. The van der Waals surface area contributed by atoms with Gasteiger partial charge in [0, 0.05) is 11.4 Å². The first-order valence-corrected chi connectivity index (χ1v) is 6.78. The van der Waals surface area contributed by atoms with Crippen LogP contribution in [0.25, 0.3) is 0 Å². The van der Waals surface area contributed by atoms with Crippen LogP contribution in [0.3, 0.4) is 0 Å². The molecule has 1 aliphatic heterocycles. The van der Waals surface area contributed by atoms with E-state index in [1.165, 1.54) is 43.8 Å². The van der Waals surface area contributed by atoms with Crippen LogP contribution in [-0.2, 0) is 6.54 Å². The van der Waals surface area contributed by atoms with Gasteiger partial charge in [0.25, 0.3) is 0 Å². The molecule has 2 rings (SSSR count). The molecular formula is C12H20N2S. The molecule has 1 aliphatic rings. The Morgan fingerprint density at radius 1 is 1.33 bits per heavy atom. The molecule has 1 N–H and O–H groups in total. The normalized spacial score (nSPS) is 17.3. The van der Waals surface area contributed by atoms with E-state index in [1.807, 2.05) is 11.3 Å². The van der Waals surface area contributed by atoms with Crippen LogP contribution >= 0.6 is 11.3 Å². The van der Waals surface area contributed by atoms with Gasteiger partial charge in [-0.25, -0.2) is 0 Å². The maximum absolute atomic E-state index is 3.50. The summed E-state index contributed by atoms with van der Waals surface area (Å²) in [5.74, 6) is 0. The van der Waals surface area contributed by atoms with Gasteiger partial charge >= 0.3 is 0 Å². The number of hydrogen-bond donors (Lipinski definition) is 1. The van der Waals surface area contributed by atoms with Crippen molar-refractivity contribution in [1.29, 1.82) is 0 Å². The molecule has 2 heterocycles. The lowest BCUT2D eigenvalue weighted by Crippen LogP contribution is -2.24. The Balaban J connectivity index is 1.48. The first kappa shape index (κ1) is 11.1. The molecule has 1 aromatic heterocycles. The predicted octanol–water partition coefficient (Wildman–Crippen LogP) is 2.32. The first-order chi connectivity index (χ1) is 7.45. The molecule has 0 saturated carbocycles. The Morgan fingerprint density at radius 3 is 2.93 bits per heavy atom. The Morgan fingerprint density at radius 2 is 2.20 bits per heavy atom. The van der Waals surface area contributed by atoms with Gasteiger partial charge in [0.1, 0.15) is 0 Å². The van der Waals surface area contributed by atoms with Crippen LogP contribution in [0.1, 0.15) is 24.1 Å². The van der Waals surface area contributed by atoms with Crippen molar-refractivity contribution in [3.63, 3.8) is 0 Å². The van der Waals surface area contributed by atoms with Crippen molar-refractivity contribution >= 4 is 11.3 Å². The Labute approximate surface area is 96.3 Å². The molecule has 1 aromatic rings. The standard InChI is InChI=1S/C12H20N2S/c1-2-8-14(7-1)9-4-6-13-11-12-5-3-10-15-12/h3,5,10,13H,1-2,4,6-9,11H2. The summed E-state index contributed by atoms with van der Waals surface area (Å²) in [5, 5.41) is 5.64. The van der Waals surface area contributed by atoms with E-state index in [0.717, 1.165) is 13.1 Å². The van der Waals surface area contributed by atoms with E-state index in [1.54, 1.807) is 0 Å². The second kappa shape index (κ2) is 6.26. The molecule has 1 fully saturated rings. The molecule has 15 heavy (non-hydrogen) atoms. The number of nitrogens with zero attached hydrogens (tertiary/aromatic N) is 1. The van der Waals surface area contributed by atoms with Gasteiger partial charge in [-0.15, -0.1) is 11.3 Å². The van der Waals surface area contributed by atoms with Gasteiger partial charge in [0.15, 0.2) is 0 Å². The van der Waals surface area contributed by atoms with Gasteiger partial charge in [-0.1, -0.05) is 6.07 Å². The maximum Gasteiger partial charge on any atom is 0.0299 e. The third kappa shape index (κ3) is 3.93. The van der Waals surface area contributed by atoms with Crippen molar-refractivity contribution in [3.05, 3.63) is 22.4 Å². The summed E-state index contributed by atoms with van der Waals surface area (Å²) in [6, 6.07) is 4.31. The quantitative estimate of drug-likeness (QED) is 0.746. The Kier molecular flexibility index (Phi) is 4.64. The van der Waals surface area contributed by atoms with Crippen LogP contribution in [-0.4, -0.2) is 31.1 Å². The van der Waals surface area contributed by atoms with Crippen molar-refractivity contribution < 1.29 is 0 Å². The van der Waals surface area contributed by atoms with E-state index in [9.17, 15) is 0 Å². The third-order valence-electron chi connectivity index (χ3n) is 2.91. The molecule has 3 heteroatoms. The number of likely N-dealkylation sites (tertiary alicyclic amines) is 1. The summed E-state index contributed by atoms with van der Waals surface area (Å²) in [6.45, 7) is 6.11. The van der Waals surface area contributed by atoms with Gasteiger partial charge in [0.05, 0.1) is 0 Å². The summed E-state index contributed by atoms with van der Waals surface area (Å²) in [6.07, 6.45) is 4.09. The number of thiophene rings is 1. The van der Waals surface area contributed by atoms with Gasteiger partial charge in [0.2, 0.25) is 0 Å². The smallest absolute Gasteiger partial charge is 0.0299 e. The van der Waals surface area contributed by atoms with E-state index in [4.69, 9.17) is 0 Å². The highest BCUT2D eigenvalue weighted by Gasteiger charge is 2.09. The van der Waals surface area contributed by atoms with Gasteiger partial charge in [-0.05, 0) is 56.9 Å². The van der Waals surface area contributed by atoms with Crippen molar-refractivity contribution in [3.8, 4) is 0 Å². The molecule has 0 aromatic carbocycles. The Hall–Kier alpha value is -0.380. The van der Waals surface area contributed by atoms with Gasteiger partial charge in [-0.2, -0.15) is 0 Å². The molecule has 0 atom stereocenters. The zero-order chi connectivity index (χ0) is 10.3. The van der Waals surface area contributed by atoms with Crippen molar-refractivity contribution in [2.24, 2.45) is 0 Å². The fraction of sp³-hybridized carbons (Fsp3) is 0.667. The number of hydrogen-bond acceptors (Lipinski definition) is 3. The number of rotatable bonds is 6. The lowest BCUT2D eigenvalue weighted by Gasteiger charge is -2.13. The van der Waals surface area contributed by atoms with Crippen molar-refractivity contribution in [2.45, 2.75) is 25.8 Å². The van der Waals surface area contributed by atoms with Crippen molar-refractivity contribution in [2.75, 3.05) is 26.2 Å². The van der Waals surface area contributed by atoms with Crippen LogP contribution in [0.15, 0.2) is 17.5 Å².